The van der Waals surface area contributed by atoms with Crippen molar-refractivity contribution < 1.29 is 13.2 Å². The predicted octanol–water partition coefficient (Wildman–Crippen LogP) is 0.331. The van der Waals surface area contributed by atoms with Crippen molar-refractivity contribution in [3.8, 4) is 0 Å². The van der Waals surface area contributed by atoms with Gasteiger partial charge in [-0.15, -0.1) is 0 Å². The molecule has 3 atom stereocenters. The molecule has 2 saturated heterocycles. The van der Waals surface area contributed by atoms with Crippen LogP contribution in [-0.4, -0.2) is 44.2 Å². The van der Waals surface area contributed by atoms with E-state index in [0.717, 1.165) is 19.4 Å². The molecule has 0 aromatic carbocycles. The number of sulfone groups is 1. The zero-order chi connectivity index (χ0) is 11.1. The van der Waals surface area contributed by atoms with Crippen LogP contribution in [0.3, 0.4) is 0 Å². The Morgan fingerprint density at radius 3 is 2.67 bits per heavy atom. The highest BCUT2D eigenvalue weighted by Crippen LogP contribution is 2.27. The molecule has 2 rings (SSSR count). The lowest BCUT2D eigenvalue weighted by Gasteiger charge is -2.32. The summed E-state index contributed by atoms with van der Waals surface area (Å²) in [6.45, 7) is 4.93. The Morgan fingerprint density at radius 1 is 1.47 bits per heavy atom. The third kappa shape index (κ3) is 2.34. The van der Waals surface area contributed by atoms with E-state index in [1.807, 2.05) is 6.92 Å². The maximum absolute atomic E-state index is 11.3. The van der Waals surface area contributed by atoms with E-state index in [0.29, 0.717) is 5.75 Å². The first-order valence-corrected chi connectivity index (χ1v) is 7.33. The number of ether oxygens (including phenoxy) is 1. The molecule has 0 aromatic rings. The number of rotatable bonds is 2. The quantitative estimate of drug-likeness (QED) is 0.747. The van der Waals surface area contributed by atoms with Gasteiger partial charge in [-0.1, -0.05) is 0 Å². The maximum atomic E-state index is 11.3. The van der Waals surface area contributed by atoms with Crippen LogP contribution in [0.4, 0.5) is 0 Å². The molecular weight excluding hydrogens is 214 g/mol. The fourth-order valence-electron chi connectivity index (χ4n) is 2.40. The molecule has 5 heteroatoms. The van der Waals surface area contributed by atoms with E-state index in [9.17, 15) is 8.42 Å². The van der Waals surface area contributed by atoms with E-state index in [1.54, 1.807) is 0 Å². The molecule has 2 aliphatic heterocycles. The molecule has 0 radical (unpaired) electrons. The van der Waals surface area contributed by atoms with Gasteiger partial charge in [-0.3, -0.25) is 0 Å². The second-order valence-electron chi connectivity index (χ2n) is 4.92. The van der Waals surface area contributed by atoms with Gasteiger partial charge in [-0.25, -0.2) is 8.42 Å². The first-order valence-electron chi connectivity index (χ1n) is 5.51. The van der Waals surface area contributed by atoms with Crippen LogP contribution in [0.2, 0.25) is 0 Å². The van der Waals surface area contributed by atoms with Crippen molar-refractivity contribution >= 4 is 9.84 Å². The van der Waals surface area contributed by atoms with Gasteiger partial charge in [0.05, 0.1) is 17.6 Å². The Hall–Kier alpha value is -0.130. The number of nitrogens with one attached hydrogen (secondary N) is 1. The van der Waals surface area contributed by atoms with Crippen LogP contribution in [0.25, 0.3) is 0 Å². The molecule has 88 valence electrons. The summed E-state index contributed by atoms with van der Waals surface area (Å²) in [5.41, 5.74) is -0.0511. The van der Waals surface area contributed by atoms with Gasteiger partial charge in [0, 0.05) is 18.2 Å². The second kappa shape index (κ2) is 3.71. The third-order valence-corrected chi connectivity index (χ3v) is 5.42. The van der Waals surface area contributed by atoms with Crippen molar-refractivity contribution in [2.75, 3.05) is 18.1 Å². The van der Waals surface area contributed by atoms with Crippen molar-refractivity contribution in [3.63, 3.8) is 0 Å². The van der Waals surface area contributed by atoms with Gasteiger partial charge in [0.1, 0.15) is 0 Å². The van der Waals surface area contributed by atoms with Crippen molar-refractivity contribution in [2.45, 2.75) is 44.4 Å². The van der Waals surface area contributed by atoms with Gasteiger partial charge >= 0.3 is 0 Å². The van der Waals surface area contributed by atoms with E-state index in [-0.39, 0.29) is 23.4 Å². The minimum Gasteiger partial charge on any atom is -0.377 e. The molecule has 0 aromatic heterocycles. The Bertz CT molecular complexity index is 341. The van der Waals surface area contributed by atoms with Gasteiger partial charge in [0.25, 0.3) is 0 Å². The summed E-state index contributed by atoms with van der Waals surface area (Å²) >= 11 is 0. The van der Waals surface area contributed by atoms with Crippen molar-refractivity contribution in [1.82, 2.24) is 5.32 Å². The highest BCUT2D eigenvalue weighted by atomic mass is 32.2. The van der Waals surface area contributed by atoms with Crippen molar-refractivity contribution in [3.05, 3.63) is 0 Å². The highest BCUT2D eigenvalue weighted by molar-refractivity contribution is 7.91. The van der Waals surface area contributed by atoms with Crippen LogP contribution < -0.4 is 5.32 Å². The SMILES string of the molecule is CC1OCCC1(C)NC1CCS(=O)(=O)C1. The van der Waals surface area contributed by atoms with Crippen LogP contribution in [0.5, 0.6) is 0 Å². The Balaban J connectivity index is 1.98. The molecule has 1 N–H and O–H groups in total. The largest absolute Gasteiger partial charge is 0.377 e. The zero-order valence-corrected chi connectivity index (χ0v) is 10.1. The summed E-state index contributed by atoms with van der Waals surface area (Å²) in [5.74, 6) is 0.616. The van der Waals surface area contributed by atoms with Crippen LogP contribution >= 0.6 is 0 Å². The summed E-state index contributed by atoms with van der Waals surface area (Å²) in [5, 5.41) is 3.46. The third-order valence-electron chi connectivity index (χ3n) is 3.65. The Morgan fingerprint density at radius 2 is 2.20 bits per heavy atom. The van der Waals surface area contributed by atoms with Gasteiger partial charge < -0.3 is 10.1 Å². The van der Waals surface area contributed by atoms with Crippen molar-refractivity contribution in [1.29, 1.82) is 0 Å². The average molecular weight is 233 g/mol. The summed E-state index contributed by atoms with van der Waals surface area (Å²) in [6, 6.07) is 0.115. The van der Waals surface area contributed by atoms with Crippen LogP contribution in [0.1, 0.15) is 26.7 Å². The molecule has 2 heterocycles. The molecule has 0 saturated carbocycles. The molecule has 0 bridgehead atoms. The maximum Gasteiger partial charge on any atom is 0.151 e. The first-order chi connectivity index (χ1) is 6.91. The molecule has 0 amide bonds. The van der Waals surface area contributed by atoms with E-state index >= 15 is 0 Å². The highest BCUT2D eigenvalue weighted by Gasteiger charge is 2.40. The van der Waals surface area contributed by atoms with Crippen LogP contribution in [0, 0.1) is 0 Å². The molecule has 3 unspecified atom stereocenters. The molecule has 2 aliphatic rings. The smallest absolute Gasteiger partial charge is 0.151 e. The fraction of sp³-hybridized carbons (Fsp3) is 1.00. The van der Waals surface area contributed by atoms with E-state index < -0.39 is 9.84 Å². The van der Waals surface area contributed by atoms with Crippen molar-refractivity contribution in [2.24, 2.45) is 0 Å². The fourth-order valence-corrected chi connectivity index (χ4v) is 4.07. The number of hydrogen-bond acceptors (Lipinski definition) is 4. The van der Waals surface area contributed by atoms with E-state index in [1.165, 1.54) is 0 Å². The summed E-state index contributed by atoms with van der Waals surface area (Å²) in [6.07, 6.45) is 1.87. The molecule has 2 fully saturated rings. The van der Waals surface area contributed by atoms with E-state index in [4.69, 9.17) is 4.74 Å². The Kier molecular flexibility index (Phi) is 2.81. The molecule has 0 aliphatic carbocycles. The minimum atomic E-state index is -2.78. The minimum absolute atomic E-state index is 0.0511. The van der Waals surface area contributed by atoms with E-state index in [2.05, 4.69) is 12.2 Å². The normalized spacial score (nSPS) is 44.7. The van der Waals surface area contributed by atoms with Gasteiger partial charge in [-0.2, -0.15) is 0 Å². The molecule has 15 heavy (non-hydrogen) atoms. The molecule has 4 nitrogen and oxygen atoms in total. The average Bonchev–Trinajstić information content (AvgIpc) is 2.59. The lowest BCUT2D eigenvalue weighted by Crippen LogP contribution is -2.52. The standard InChI is InChI=1S/C10H19NO3S/c1-8-10(2,4-5-14-8)11-9-3-6-15(12,13)7-9/h8-9,11H,3-7H2,1-2H3. The first kappa shape index (κ1) is 11.4. The van der Waals surface area contributed by atoms with Gasteiger partial charge in [0.2, 0.25) is 0 Å². The summed E-state index contributed by atoms with van der Waals surface area (Å²) < 4.78 is 28.2. The topological polar surface area (TPSA) is 55.4 Å². The monoisotopic (exact) mass is 233 g/mol. The lowest BCUT2D eigenvalue weighted by molar-refractivity contribution is 0.0853. The van der Waals surface area contributed by atoms with Crippen LogP contribution in [0.15, 0.2) is 0 Å². The lowest BCUT2D eigenvalue weighted by atomic mass is 9.93. The van der Waals surface area contributed by atoms with Gasteiger partial charge in [-0.05, 0) is 26.7 Å². The zero-order valence-electron chi connectivity index (χ0n) is 9.32. The number of hydrogen-bond donors (Lipinski definition) is 1. The summed E-state index contributed by atoms with van der Waals surface area (Å²) in [4.78, 5) is 0. The predicted molar refractivity (Wildman–Crippen MR) is 58.6 cm³/mol. The van der Waals surface area contributed by atoms with Gasteiger partial charge in [0.15, 0.2) is 9.84 Å². The summed E-state index contributed by atoms with van der Waals surface area (Å²) in [7, 11) is -2.78. The second-order valence-corrected chi connectivity index (χ2v) is 7.15. The van der Waals surface area contributed by atoms with Crippen LogP contribution in [-0.2, 0) is 14.6 Å². The molecular formula is C10H19NO3S. The molecule has 0 spiro atoms. The Labute approximate surface area is 91.3 Å².